The van der Waals surface area contributed by atoms with Gasteiger partial charge in [-0.2, -0.15) is 0 Å². The number of nitrogens with zero attached hydrogens (tertiary/aromatic N) is 2. The number of hydrogen-bond acceptors (Lipinski definition) is 4. The Morgan fingerprint density at radius 3 is 2.62 bits per heavy atom. The second-order valence-corrected chi connectivity index (χ2v) is 5.65. The van der Waals surface area contributed by atoms with Crippen LogP contribution in [0.25, 0.3) is 0 Å². The van der Waals surface area contributed by atoms with Crippen molar-refractivity contribution in [3.8, 4) is 0 Å². The number of ether oxygens (including phenoxy) is 1. The molecule has 6 nitrogen and oxygen atoms in total. The predicted molar refractivity (Wildman–Crippen MR) is 78.5 cm³/mol. The molecule has 0 aromatic heterocycles. The summed E-state index contributed by atoms with van der Waals surface area (Å²) >= 11 is 3.38. The first-order chi connectivity index (χ1) is 9.92. The Balaban J connectivity index is 2.14. The van der Waals surface area contributed by atoms with E-state index in [0.717, 1.165) is 5.56 Å². The van der Waals surface area contributed by atoms with Crippen LogP contribution in [-0.4, -0.2) is 54.8 Å². The predicted octanol–water partition coefficient (Wildman–Crippen LogP) is 1.04. The number of carbonyl (C=O) groups excluding carboxylic acids is 3. The number of likely N-dealkylation sites (N-methyl/N-ethyl adjacent to an activating group) is 1. The Hall–Kier alpha value is -1.89. The number of benzene rings is 1. The van der Waals surface area contributed by atoms with E-state index in [-0.39, 0.29) is 24.9 Å². The molecule has 1 heterocycles. The van der Waals surface area contributed by atoms with E-state index in [4.69, 9.17) is 0 Å². The van der Waals surface area contributed by atoms with Crippen molar-refractivity contribution < 1.29 is 19.1 Å². The maximum Gasteiger partial charge on any atom is 0.337 e. The Morgan fingerprint density at radius 2 is 2.00 bits per heavy atom. The summed E-state index contributed by atoms with van der Waals surface area (Å²) in [6, 6.07) is 5.02. The zero-order chi connectivity index (χ0) is 15.6. The van der Waals surface area contributed by atoms with Crippen LogP contribution in [0.3, 0.4) is 0 Å². The number of amides is 2. The van der Waals surface area contributed by atoms with Gasteiger partial charge in [0.2, 0.25) is 11.8 Å². The zero-order valence-corrected chi connectivity index (χ0v) is 13.3. The number of hydrogen-bond donors (Lipinski definition) is 0. The molecule has 0 radical (unpaired) electrons. The molecule has 0 N–H and O–H groups in total. The van der Waals surface area contributed by atoms with Gasteiger partial charge in [0, 0.05) is 18.1 Å². The molecule has 0 atom stereocenters. The maximum atomic E-state index is 11.9. The van der Waals surface area contributed by atoms with Gasteiger partial charge >= 0.3 is 5.97 Å². The van der Waals surface area contributed by atoms with Gasteiger partial charge in [0.05, 0.1) is 19.2 Å². The van der Waals surface area contributed by atoms with Crippen LogP contribution >= 0.6 is 15.9 Å². The average Bonchev–Trinajstić information content (AvgIpc) is 2.45. The van der Waals surface area contributed by atoms with Gasteiger partial charge in [-0.15, -0.1) is 0 Å². The number of carbonyl (C=O) groups is 3. The van der Waals surface area contributed by atoms with Crippen LogP contribution in [0.15, 0.2) is 22.7 Å². The number of rotatable bonds is 3. The summed E-state index contributed by atoms with van der Waals surface area (Å²) in [5.41, 5.74) is 1.25. The minimum Gasteiger partial charge on any atom is -0.465 e. The Morgan fingerprint density at radius 1 is 1.29 bits per heavy atom. The summed E-state index contributed by atoms with van der Waals surface area (Å²) in [6.45, 7) is 0.484. The largest absolute Gasteiger partial charge is 0.465 e. The molecule has 2 rings (SSSR count). The number of piperazine rings is 1. The first-order valence-corrected chi connectivity index (χ1v) is 7.10. The van der Waals surface area contributed by atoms with Gasteiger partial charge in [-0.05, 0) is 17.7 Å². The summed E-state index contributed by atoms with van der Waals surface area (Å²) in [4.78, 5) is 37.9. The third-order valence-electron chi connectivity index (χ3n) is 3.31. The van der Waals surface area contributed by atoms with Crippen molar-refractivity contribution in [3.63, 3.8) is 0 Å². The number of methoxy groups -OCH3 is 1. The molecule has 21 heavy (non-hydrogen) atoms. The minimum absolute atomic E-state index is 0.0700. The lowest BCUT2D eigenvalue weighted by Crippen LogP contribution is -2.51. The fraction of sp³-hybridized carbons (Fsp3) is 0.357. The van der Waals surface area contributed by atoms with E-state index in [2.05, 4.69) is 20.7 Å². The van der Waals surface area contributed by atoms with Gasteiger partial charge in [-0.3, -0.25) is 9.59 Å². The Labute approximate surface area is 130 Å². The normalized spacial score (nSPS) is 15.4. The van der Waals surface area contributed by atoms with Crippen molar-refractivity contribution in [1.82, 2.24) is 9.80 Å². The van der Waals surface area contributed by atoms with Crippen molar-refractivity contribution >= 4 is 33.7 Å². The highest BCUT2D eigenvalue weighted by atomic mass is 79.9. The first kappa shape index (κ1) is 15.5. The molecule has 2 amide bonds. The monoisotopic (exact) mass is 354 g/mol. The van der Waals surface area contributed by atoms with Crippen LogP contribution in [0.1, 0.15) is 15.9 Å². The van der Waals surface area contributed by atoms with Crippen LogP contribution in [0, 0.1) is 0 Å². The smallest absolute Gasteiger partial charge is 0.337 e. The minimum atomic E-state index is -0.423. The van der Waals surface area contributed by atoms with Gasteiger partial charge in [0.25, 0.3) is 0 Å². The second kappa shape index (κ2) is 6.26. The summed E-state index contributed by atoms with van der Waals surface area (Å²) in [7, 11) is 2.93. The van der Waals surface area contributed by atoms with Gasteiger partial charge in [0.15, 0.2) is 0 Å². The van der Waals surface area contributed by atoms with Crippen molar-refractivity contribution in [1.29, 1.82) is 0 Å². The Kier molecular flexibility index (Phi) is 4.62. The van der Waals surface area contributed by atoms with Crippen LogP contribution in [0.4, 0.5) is 0 Å². The molecule has 1 aliphatic rings. The van der Waals surface area contributed by atoms with Gasteiger partial charge in [0.1, 0.15) is 6.54 Å². The maximum absolute atomic E-state index is 11.9. The lowest BCUT2D eigenvalue weighted by atomic mass is 10.1. The van der Waals surface area contributed by atoms with Crippen LogP contribution in [-0.2, 0) is 20.9 Å². The first-order valence-electron chi connectivity index (χ1n) is 6.31. The molecule has 1 saturated heterocycles. The number of esters is 1. The van der Waals surface area contributed by atoms with E-state index >= 15 is 0 Å². The van der Waals surface area contributed by atoms with Crippen LogP contribution in [0.5, 0.6) is 0 Å². The SMILES string of the molecule is COC(=O)c1ccc(CN2CC(=O)N(C)CC2=O)c(Br)c1. The highest BCUT2D eigenvalue weighted by Gasteiger charge is 2.27. The highest BCUT2D eigenvalue weighted by Crippen LogP contribution is 2.21. The van der Waals surface area contributed by atoms with Crippen molar-refractivity contribution in [2.45, 2.75) is 6.54 Å². The summed E-state index contributed by atoms with van der Waals surface area (Å²) < 4.78 is 5.35. The fourth-order valence-electron chi connectivity index (χ4n) is 2.03. The molecule has 1 aliphatic heterocycles. The van der Waals surface area contributed by atoms with E-state index in [0.29, 0.717) is 16.6 Å². The highest BCUT2D eigenvalue weighted by molar-refractivity contribution is 9.10. The molecule has 7 heteroatoms. The molecule has 0 unspecified atom stereocenters. The van der Waals surface area contributed by atoms with Crippen LogP contribution < -0.4 is 0 Å². The van der Waals surface area contributed by atoms with Crippen molar-refractivity contribution in [2.24, 2.45) is 0 Å². The quantitative estimate of drug-likeness (QED) is 0.760. The standard InChI is InChI=1S/C14H15BrN2O4/c1-16-7-13(19)17(8-12(16)18)6-10-4-3-9(5-11(10)15)14(20)21-2/h3-5H,6-8H2,1-2H3. The van der Waals surface area contributed by atoms with E-state index in [1.807, 2.05) is 0 Å². The zero-order valence-electron chi connectivity index (χ0n) is 11.8. The lowest BCUT2D eigenvalue weighted by Gasteiger charge is -2.31. The molecule has 1 aromatic carbocycles. The Bertz CT molecular complexity index is 603. The van der Waals surface area contributed by atoms with E-state index < -0.39 is 5.97 Å². The third-order valence-corrected chi connectivity index (χ3v) is 4.05. The molecule has 0 saturated carbocycles. The fourth-order valence-corrected chi connectivity index (χ4v) is 2.54. The molecule has 0 spiro atoms. The second-order valence-electron chi connectivity index (χ2n) is 4.80. The molecule has 1 aromatic rings. The van der Waals surface area contributed by atoms with E-state index in [9.17, 15) is 14.4 Å². The van der Waals surface area contributed by atoms with Gasteiger partial charge in [-0.25, -0.2) is 4.79 Å². The molecular weight excluding hydrogens is 340 g/mol. The van der Waals surface area contributed by atoms with Crippen molar-refractivity contribution in [3.05, 3.63) is 33.8 Å². The number of halogens is 1. The van der Waals surface area contributed by atoms with E-state index in [1.54, 1.807) is 25.2 Å². The molecule has 1 fully saturated rings. The molecule has 112 valence electrons. The van der Waals surface area contributed by atoms with E-state index in [1.165, 1.54) is 16.9 Å². The summed E-state index contributed by atoms with van der Waals surface area (Å²) in [5, 5.41) is 0. The molecule has 0 aliphatic carbocycles. The van der Waals surface area contributed by atoms with Crippen molar-refractivity contribution in [2.75, 3.05) is 27.2 Å². The summed E-state index contributed by atoms with van der Waals surface area (Å²) in [5.74, 6) is -0.606. The molecular formula is C14H15BrN2O4. The van der Waals surface area contributed by atoms with Gasteiger partial charge < -0.3 is 14.5 Å². The lowest BCUT2D eigenvalue weighted by molar-refractivity contribution is -0.149. The summed E-state index contributed by atoms with van der Waals surface area (Å²) in [6.07, 6.45) is 0. The van der Waals surface area contributed by atoms with Gasteiger partial charge in [-0.1, -0.05) is 22.0 Å². The van der Waals surface area contributed by atoms with Crippen LogP contribution in [0.2, 0.25) is 0 Å². The third kappa shape index (κ3) is 3.41. The molecule has 0 bridgehead atoms. The topological polar surface area (TPSA) is 66.9 Å². The average molecular weight is 355 g/mol.